The third kappa shape index (κ3) is 6.26. The summed E-state index contributed by atoms with van der Waals surface area (Å²) in [5.41, 5.74) is 5.80. The third-order valence-electron chi connectivity index (χ3n) is 2.34. The van der Waals surface area contributed by atoms with Crippen molar-refractivity contribution in [2.24, 2.45) is 5.73 Å². The Morgan fingerprint density at radius 2 is 1.89 bits per heavy atom. The van der Waals surface area contributed by atoms with Gasteiger partial charge in [-0.15, -0.1) is 10.2 Å². The van der Waals surface area contributed by atoms with Crippen molar-refractivity contribution in [3.05, 3.63) is 10.8 Å². The van der Waals surface area contributed by atoms with Gasteiger partial charge < -0.3 is 11.1 Å². The summed E-state index contributed by atoms with van der Waals surface area (Å²) in [7, 11) is 0. The van der Waals surface area contributed by atoms with Gasteiger partial charge in [0.15, 0.2) is 0 Å². The number of rotatable bonds is 2. The SMILES string of the molecule is CC.CC.NC1CCC(Nc2ncc(Br)nn2)C1. The molecule has 1 saturated carbocycles. The molecule has 1 aliphatic carbocycles. The molecular formula is C12H24BrN5. The molecule has 1 aliphatic rings. The van der Waals surface area contributed by atoms with Gasteiger partial charge in [0, 0.05) is 12.1 Å². The van der Waals surface area contributed by atoms with Crippen LogP contribution in [-0.2, 0) is 0 Å². The summed E-state index contributed by atoms with van der Waals surface area (Å²) in [5, 5.41) is 11.0. The molecule has 0 aromatic carbocycles. The highest BCUT2D eigenvalue weighted by Crippen LogP contribution is 2.19. The highest BCUT2D eigenvalue weighted by molar-refractivity contribution is 9.10. The minimum absolute atomic E-state index is 0.316. The maximum Gasteiger partial charge on any atom is 0.242 e. The second-order valence-corrected chi connectivity index (χ2v) is 4.33. The van der Waals surface area contributed by atoms with Crippen molar-refractivity contribution in [1.82, 2.24) is 15.2 Å². The van der Waals surface area contributed by atoms with Crippen molar-refractivity contribution in [3.8, 4) is 0 Å². The fourth-order valence-corrected chi connectivity index (χ4v) is 1.84. The van der Waals surface area contributed by atoms with Gasteiger partial charge in [-0.25, -0.2) is 4.98 Å². The average molecular weight is 318 g/mol. The Morgan fingerprint density at radius 3 is 2.33 bits per heavy atom. The zero-order chi connectivity index (χ0) is 14.0. The summed E-state index contributed by atoms with van der Waals surface area (Å²) in [6, 6.07) is 0.712. The number of aromatic nitrogens is 3. The van der Waals surface area contributed by atoms with Crippen molar-refractivity contribution in [2.45, 2.75) is 59.0 Å². The summed E-state index contributed by atoms with van der Waals surface area (Å²) in [4.78, 5) is 4.09. The van der Waals surface area contributed by atoms with Gasteiger partial charge in [0.25, 0.3) is 0 Å². The van der Waals surface area contributed by atoms with Gasteiger partial charge in [-0.1, -0.05) is 27.7 Å². The van der Waals surface area contributed by atoms with Gasteiger partial charge in [0.1, 0.15) is 4.60 Å². The van der Waals surface area contributed by atoms with Crippen LogP contribution < -0.4 is 11.1 Å². The van der Waals surface area contributed by atoms with Gasteiger partial charge in [-0.05, 0) is 35.2 Å². The molecule has 6 heteroatoms. The van der Waals surface area contributed by atoms with E-state index in [2.05, 4.69) is 36.4 Å². The molecule has 2 rings (SSSR count). The molecule has 0 aliphatic heterocycles. The second-order valence-electron chi connectivity index (χ2n) is 3.52. The molecule has 18 heavy (non-hydrogen) atoms. The highest BCUT2D eigenvalue weighted by Gasteiger charge is 2.21. The molecule has 5 nitrogen and oxygen atoms in total. The molecule has 3 N–H and O–H groups in total. The lowest BCUT2D eigenvalue weighted by molar-refractivity contribution is 0.683. The minimum atomic E-state index is 0.316. The van der Waals surface area contributed by atoms with Crippen LogP contribution >= 0.6 is 15.9 Å². The van der Waals surface area contributed by atoms with Crippen LogP contribution in [-0.4, -0.2) is 27.3 Å². The first kappa shape index (κ1) is 17.2. The molecule has 0 amide bonds. The number of hydrogen-bond acceptors (Lipinski definition) is 5. The topological polar surface area (TPSA) is 76.7 Å². The van der Waals surface area contributed by atoms with Gasteiger partial charge in [-0.3, -0.25) is 0 Å². The predicted molar refractivity (Wildman–Crippen MR) is 79.5 cm³/mol. The molecule has 0 saturated heterocycles. The van der Waals surface area contributed by atoms with Gasteiger partial charge in [-0.2, -0.15) is 0 Å². The molecule has 2 atom stereocenters. The lowest BCUT2D eigenvalue weighted by atomic mass is 10.2. The van der Waals surface area contributed by atoms with Crippen LogP contribution in [0.15, 0.2) is 10.8 Å². The van der Waals surface area contributed by atoms with E-state index in [4.69, 9.17) is 5.73 Å². The summed E-state index contributed by atoms with van der Waals surface area (Å²) in [6.07, 6.45) is 4.77. The quantitative estimate of drug-likeness (QED) is 0.876. The van der Waals surface area contributed by atoms with Crippen LogP contribution in [0.4, 0.5) is 5.95 Å². The molecule has 2 unspecified atom stereocenters. The van der Waals surface area contributed by atoms with Gasteiger partial charge in [0.2, 0.25) is 5.95 Å². The van der Waals surface area contributed by atoms with E-state index < -0.39 is 0 Å². The van der Waals surface area contributed by atoms with Crippen LogP contribution in [0, 0.1) is 0 Å². The number of nitrogens with zero attached hydrogens (tertiary/aromatic N) is 3. The molecule has 0 spiro atoms. The monoisotopic (exact) mass is 317 g/mol. The molecule has 0 radical (unpaired) electrons. The summed E-state index contributed by atoms with van der Waals surface area (Å²) in [5.74, 6) is 0.576. The number of hydrogen-bond donors (Lipinski definition) is 2. The van der Waals surface area contributed by atoms with Crippen LogP contribution in [0.2, 0.25) is 0 Å². The zero-order valence-electron chi connectivity index (χ0n) is 11.7. The fourth-order valence-electron chi connectivity index (χ4n) is 1.66. The normalized spacial score (nSPS) is 21.2. The lowest BCUT2D eigenvalue weighted by Gasteiger charge is -2.10. The first-order valence-electron chi connectivity index (χ1n) is 6.61. The first-order chi connectivity index (χ1) is 8.74. The Hall–Kier alpha value is -0.750. The van der Waals surface area contributed by atoms with E-state index in [1.165, 1.54) is 0 Å². The predicted octanol–water partition coefficient (Wildman–Crippen LogP) is 2.98. The highest BCUT2D eigenvalue weighted by atomic mass is 79.9. The zero-order valence-corrected chi connectivity index (χ0v) is 13.2. The molecule has 1 aromatic rings. The number of nitrogens with two attached hydrogens (primary N) is 1. The molecule has 104 valence electrons. The molecule has 1 fully saturated rings. The van der Waals surface area contributed by atoms with Gasteiger partial charge >= 0.3 is 0 Å². The van der Waals surface area contributed by atoms with E-state index >= 15 is 0 Å². The molecule has 0 bridgehead atoms. The van der Waals surface area contributed by atoms with Gasteiger partial charge in [0.05, 0.1) is 6.20 Å². The van der Waals surface area contributed by atoms with Crippen LogP contribution in [0.25, 0.3) is 0 Å². The van der Waals surface area contributed by atoms with Crippen LogP contribution in [0.3, 0.4) is 0 Å². The Bertz CT molecular complexity index is 304. The standard InChI is InChI=1S/C8H12BrN5.2C2H6/c9-7-4-11-8(14-13-7)12-6-2-1-5(10)3-6;2*1-2/h4-6H,1-3,10H2,(H,11,12,14);2*1-2H3. The summed E-state index contributed by atoms with van der Waals surface area (Å²) in [6.45, 7) is 8.00. The Kier molecular flexibility index (Phi) is 9.77. The lowest BCUT2D eigenvalue weighted by Crippen LogP contribution is -2.21. The number of nitrogens with one attached hydrogen (secondary N) is 1. The third-order valence-corrected chi connectivity index (χ3v) is 2.70. The van der Waals surface area contributed by atoms with Crippen LogP contribution in [0.5, 0.6) is 0 Å². The maximum atomic E-state index is 5.80. The largest absolute Gasteiger partial charge is 0.350 e. The molecular weight excluding hydrogens is 294 g/mol. The smallest absolute Gasteiger partial charge is 0.242 e. The first-order valence-corrected chi connectivity index (χ1v) is 7.40. The van der Waals surface area contributed by atoms with Crippen molar-refractivity contribution >= 4 is 21.9 Å². The number of halogens is 1. The van der Waals surface area contributed by atoms with Crippen LogP contribution in [0.1, 0.15) is 47.0 Å². The van der Waals surface area contributed by atoms with E-state index in [0.29, 0.717) is 22.6 Å². The molecule has 1 aromatic heterocycles. The van der Waals surface area contributed by atoms with Crippen molar-refractivity contribution in [3.63, 3.8) is 0 Å². The fraction of sp³-hybridized carbons (Fsp3) is 0.750. The van der Waals surface area contributed by atoms with Crippen molar-refractivity contribution < 1.29 is 0 Å². The Balaban J connectivity index is 0.000000659. The van der Waals surface area contributed by atoms with E-state index in [9.17, 15) is 0 Å². The molecule has 1 heterocycles. The summed E-state index contributed by atoms with van der Waals surface area (Å²) >= 11 is 3.18. The van der Waals surface area contributed by atoms with Crippen molar-refractivity contribution in [2.75, 3.05) is 5.32 Å². The van der Waals surface area contributed by atoms with E-state index in [1.54, 1.807) is 6.20 Å². The number of anilines is 1. The maximum absolute atomic E-state index is 5.80. The van der Waals surface area contributed by atoms with E-state index in [0.717, 1.165) is 19.3 Å². The Morgan fingerprint density at radius 1 is 1.22 bits per heavy atom. The summed E-state index contributed by atoms with van der Waals surface area (Å²) < 4.78 is 0.645. The van der Waals surface area contributed by atoms with E-state index in [-0.39, 0.29) is 0 Å². The second kappa shape index (κ2) is 10.2. The Labute approximate surface area is 118 Å². The van der Waals surface area contributed by atoms with Crippen molar-refractivity contribution in [1.29, 1.82) is 0 Å². The van der Waals surface area contributed by atoms with E-state index in [1.807, 2.05) is 27.7 Å². The minimum Gasteiger partial charge on any atom is -0.350 e. The average Bonchev–Trinajstić information content (AvgIpc) is 2.83.